The second-order valence-corrected chi connectivity index (χ2v) is 9.60. The molecular formula is C25H35N7O3. The fourth-order valence-corrected chi connectivity index (χ4v) is 5.03. The van der Waals surface area contributed by atoms with E-state index in [0.717, 1.165) is 56.9 Å². The largest absolute Gasteiger partial charge is 0.496 e. The lowest BCUT2D eigenvalue weighted by atomic mass is 9.86. The Morgan fingerprint density at radius 3 is 2.74 bits per heavy atom. The van der Waals surface area contributed by atoms with E-state index in [1.54, 1.807) is 7.11 Å². The number of fused-ring (bicyclic) bond motifs is 1. The molecule has 4 heterocycles. The molecule has 3 aromatic rings. The number of methoxy groups -OCH3 is 1. The summed E-state index contributed by atoms with van der Waals surface area (Å²) >= 11 is 0. The molecule has 188 valence electrons. The average Bonchev–Trinajstić information content (AvgIpc) is 3.19. The van der Waals surface area contributed by atoms with Gasteiger partial charge in [-0.05, 0) is 18.1 Å². The highest BCUT2D eigenvalue weighted by atomic mass is 16.5. The number of rotatable bonds is 11. The van der Waals surface area contributed by atoms with E-state index >= 15 is 0 Å². The number of unbranched alkanes of at least 4 members (excludes halogenated alkanes) is 1. The molecule has 0 saturated carbocycles. The lowest BCUT2D eigenvalue weighted by molar-refractivity contribution is -0.223. The number of aliphatic hydroxyl groups is 1. The third-order valence-electron chi connectivity index (χ3n) is 6.94. The van der Waals surface area contributed by atoms with E-state index in [0.29, 0.717) is 29.9 Å². The summed E-state index contributed by atoms with van der Waals surface area (Å²) in [4.78, 5) is 13.3. The van der Waals surface area contributed by atoms with Crippen LogP contribution in [0.3, 0.4) is 0 Å². The zero-order valence-electron chi connectivity index (χ0n) is 20.6. The monoisotopic (exact) mass is 481 g/mol. The van der Waals surface area contributed by atoms with E-state index in [4.69, 9.17) is 20.3 Å². The zero-order valence-corrected chi connectivity index (χ0v) is 20.6. The fraction of sp³-hybridized carbons (Fsp3) is 0.560. The van der Waals surface area contributed by atoms with Crippen molar-refractivity contribution in [2.24, 2.45) is 0 Å². The van der Waals surface area contributed by atoms with Crippen molar-refractivity contribution in [1.82, 2.24) is 24.6 Å². The Morgan fingerprint density at radius 1 is 1.23 bits per heavy atom. The summed E-state index contributed by atoms with van der Waals surface area (Å²) < 4.78 is 13.3. The van der Waals surface area contributed by atoms with Crippen LogP contribution in [0.2, 0.25) is 0 Å². The van der Waals surface area contributed by atoms with Crippen molar-refractivity contribution in [3.63, 3.8) is 0 Å². The Morgan fingerprint density at radius 2 is 2.06 bits per heavy atom. The van der Waals surface area contributed by atoms with Crippen LogP contribution in [0, 0.1) is 0 Å². The molecule has 35 heavy (non-hydrogen) atoms. The van der Waals surface area contributed by atoms with Crippen molar-refractivity contribution in [2.45, 2.75) is 44.9 Å². The van der Waals surface area contributed by atoms with Crippen molar-refractivity contribution >= 4 is 22.8 Å². The molecule has 2 aliphatic heterocycles. The first-order valence-electron chi connectivity index (χ1n) is 12.4. The van der Waals surface area contributed by atoms with Crippen LogP contribution in [-0.2, 0) is 17.8 Å². The van der Waals surface area contributed by atoms with E-state index in [9.17, 15) is 5.11 Å². The van der Waals surface area contributed by atoms with Crippen LogP contribution in [0.25, 0.3) is 11.0 Å². The lowest BCUT2D eigenvalue weighted by Crippen LogP contribution is -2.67. The maximum atomic E-state index is 9.57. The van der Waals surface area contributed by atoms with Gasteiger partial charge in [-0.25, -0.2) is 4.98 Å². The first-order valence-corrected chi connectivity index (χ1v) is 12.4. The molecule has 2 saturated heterocycles. The van der Waals surface area contributed by atoms with E-state index in [1.807, 2.05) is 15.8 Å². The summed E-state index contributed by atoms with van der Waals surface area (Å²) in [7, 11) is 1.70. The number of aromatic nitrogens is 4. The summed E-state index contributed by atoms with van der Waals surface area (Å²) in [5.74, 6) is 1.71. The van der Waals surface area contributed by atoms with Gasteiger partial charge in [0.1, 0.15) is 11.3 Å². The van der Waals surface area contributed by atoms with Gasteiger partial charge in [-0.2, -0.15) is 10.1 Å². The second kappa shape index (κ2) is 9.96. The summed E-state index contributed by atoms with van der Waals surface area (Å²) in [6.07, 6.45) is 5.10. The molecular weight excluding hydrogens is 446 g/mol. The summed E-state index contributed by atoms with van der Waals surface area (Å²) in [6, 6.07) is 6.38. The number of likely N-dealkylation sites (tertiary alicyclic amines) is 1. The number of hydrogen-bond acceptors (Lipinski definition) is 9. The number of nitrogens with two attached hydrogens (primary N) is 1. The van der Waals surface area contributed by atoms with Gasteiger partial charge in [-0.1, -0.05) is 25.5 Å². The molecule has 0 atom stereocenters. The van der Waals surface area contributed by atoms with Crippen LogP contribution in [0.5, 0.6) is 5.75 Å². The maximum absolute atomic E-state index is 9.57. The van der Waals surface area contributed by atoms with Crippen LogP contribution in [0.4, 0.5) is 11.8 Å². The second-order valence-electron chi connectivity index (χ2n) is 9.60. The van der Waals surface area contributed by atoms with Crippen LogP contribution < -0.4 is 15.4 Å². The molecule has 2 aromatic heterocycles. The predicted octanol–water partition coefficient (Wildman–Crippen LogP) is 2.04. The predicted molar refractivity (Wildman–Crippen MR) is 135 cm³/mol. The standard InChI is InChI=1S/C25H35N7O3/c1-3-4-8-31(9-10-33)23-22-20(27-24(26)28-23)15-32(29-22)14-19-6-5-18(12-21(19)34-2)13-30-16-25(17-30)7-11-35-25/h5-6,12,15,33H,3-4,7-11,13-14,16-17H2,1-2H3,(H2,26,27). The number of nitrogen functional groups attached to an aromatic ring is 1. The summed E-state index contributed by atoms with van der Waals surface area (Å²) in [5.41, 5.74) is 9.79. The van der Waals surface area contributed by atoms with E-state index in [-0.39, 0.29) is 18.2 Å². The fourth-order valence-electron chi connectivity index (χ4n) is 5.03. The molecule has 5 rings (SSSR count). The number of anilines is 2. The first-order chi connectivity index (χ1) is 17.0. The molecule has 3 N–H and O–H groups in total. The number of benzene rings is 1. The minimum absolute atomic E-state index is 0.0325. The Bertz CT molecular complexity index is 1170. The average molecular weight is 482 g/mol. The third kappa shape index (κ3) is 4.91. The van der Waals surface area contributed by atoms with Crippen molar-refractivity contribution in [1.29, 1.82) is 0 Å². The van der Waals surface area contributed by atoms with Gasteiger partial charge in [0.25, 0.3) is 0 Å². The zero-order chi connectivity index (χ0) is 24.4. The highest BCUT2D eigenvalue weighted by Gasteiger charge is 2.48. The van der Waals surface area contributed by atoms with Crippen LogP contribution in [-0.4, -0.2) is 81.9 Å². The van der Waals surface area contributed by atoms with Gasteiger partial charge in [-0.3, -0.25) is 9.58 Å². The SMILES string of the molecule is CCCCN(CCO)c1nc(N)nc2cn(Cc3ccc(CN4CC5(CCO5)C4)cc3OC)nc12. The highest BCUT2D eigenvalue weighted by Crippen LogP contribution is 2.37. The normalized spacial score (nSPS) is 16.9. The quantitative estimate of drug-likeness (QED) is 0.424. The van der Waals surface area contributed by atoms with E-state index in [2.05, 4.69) is 40.0 Å². The Hall–Kier alpha value is -2.95. The number of ether oxygens (including phenoxy) is 2. The van der Waals surface area contributed by atoms with Crippen LogP contribution >= 0.6 is 0 Å². The van der Waals surface area contributed by atoms with Crippen molar-refractivity contribution in [3.8, 4) is 5.75 Å². The van der Waals surface area contributed by atoms with E-state index in [1.165, 1.54) is 12.0 Å². The Labute approximate surface area is 205 Å². The molecule has 10 heteroatoms. The van der Waals surface area contributed by atoms with E-state index < -0.39 is 0 Å². The molecule has 1 aromatic carbocycles. The highest BCUT2D eigenvalue weighted by molar-refractivity contribution is 5.86. The molecule has 0 bridgehead atoms. The summed E-state index contributed by atoms with van der Waals surface area (Å²) in [6.45, 7) is 7.76. The van der Waals surface area contributed by atoms with Crippen LogP contribution in [0.15, 0.2) is 24.4 Å². The molecule has 0 amide bonds. The number of aliphatic hydroxyl groups excluding tert-OH is 1. The van der Waals surface area contributed by atoms with Gasteiger partial charge in [-0.15, -0.1) is 0 Å². The smallest absolute Gasteiger partial charge is 0.222 e. The third-order valence-corrected chi connectivity index (χ3v) is 6.94. The van der Waals surface area contributed by atoms with Gasteiger partial charge in [0.15, 0.2) is 11.3 Å². The van der Waals surface area contributed by atoms with Crippen molar-refractivity contribution in [2.75, 3.05) is 57.1 Å². The van der Waals surface area contributed by atoms with Gasteiger partial charge < -0.3 is 25.2 Å². The maximum Gasteiger partial charge on any atom is 0.222 e. The molecule has 0 aliphatic carbocycles. The molecule has 1 spiro atoms. The van der Waals surface area contributed by atoms with Gasteiger partial charge in [0.05, 0.1) is 38.7 Å². The number of nitrogens with zero attached hydrogens (tertiary/aromatic N) is 6. The topological polar surface area (TPSA) is 115 Å². The van der Waals surface area contributed by atoms with Gasteiger partial charge in [0, 0.05) is 44.7 Å². The number of hydrogen-bond donors (Lipinski definition) is 2. The molecule has 10 nitrogen and oxygen atoms in total. The lowest BCUT2D eigenvalue weighted by Gasteiger charge is -2.55. The van der Waals surface area contributed by atoms with Crippen LogP contribution in [0.1, 0.15) is 37.3 Å². The molecule has 0 radical (unpaired) electrons. The first kappa shape index (κ1) is 23.8. The summed E-state index contributed by atoms with van der Waals surface area (Å²) in [5, 5.41) is 14.4. The van der Waals surface area contributed by atoms with Crippen molar-refractivity contribution < 1.29 is 14.6 Å². The van der Waals surface area contributed by atoms with Crippen molar-refractivity contribution in [3.05, 3.63) is 35.5 Å². The van der Waals surface area contributed by atoms with Gasteiger partial charge >= 0.3 is 0 Å². The molecule has 0 unspecified atom stereocenters. The minimum atomic E-state index is 0.0325. The Balaban J connectivity index is 1.35. The molecule has 2 fully saturated rings. The molecule has 2 aliphatic rings. The van der Waals surface area contributed by atoms with Gasteiger partial charge in [0.2, 0.25) is 5.95 Å². The Kier molecular flexibility index (Phi) is 6.77. The minimum Gasteiger partial charge on any atom is -0.496 e.